The molecule has 0 bridgehead atoms. The molecule has 0 aliphatic heterocycles. The summed E-state index contributed by atoms with van der Waals surface area (Å²) in [5, 5.41) is 0. The minimum absolute atomic E-state index is 1.14. The molecule has 0 fully saturated rings. The van der Waals surface area contributed by atoms with E-state index in [4.69, 9.17) is 0 Å². The van der Waals surface area contributed by atoms with Gasteiger partial charge in [0.1, 0.15) is 0 Å². The summed E-state index contributed by atoms with van der Waals surface area (Å²) in [5.74, 6) is 0. The Hall–Kier alpha value is -4.10. The fraction of sp³-hybridized carbons (Fsp3) is 0.0625. The van der Waals surface area contributed by atoms with Crippen molar-refractivity contribution in [1.82, 2.24) is 0 Å². The van der Waals surface area contributed by atoms with Crippen LogP contribution in [0.5, 0.6) is 0 Å². The average molecular weight is 426 g/mol. The molecule has 0 atom stereocenters. The molecular formula is C32H27N. The maximum Gasteiger partial charge on any atom is 0.0462 e. The third-order valence-corrected chi connectivity index (χ3v) is 5.97. The van der Waals surface area contributed by atoms with E-state index < -0.39 is 0 Å². The summed E-state index contributed by atoms with van der Waals surface area (Å²) < 4.78 is 0. The van der Waals surface area contributed by atoms with Crippen molar-refractivity contribution in [3.05, 3.63) is 139 Å². The Morgan fingerprint density at radius 1 is 0.364 bits per heavy atom. The first-order valence-corrected chi connectivity index (χ1v) is 11.4. The molecule has 0 saturated heterocycles. The van der Waals surface area contributed by atoms with Crippen molar-refractivity contribution in [2.24, 2.45) is 0 Å². The van der Waals surface area contributed by atoms with Crippen LogP contribution in [0.3, 0.4) is 0 Å². The molecule has 0 spiro atoms. The molecule has 1 heteroatoms. The van der Waals surface area contributed by atoms with E-state index in [2.05, 4.69) is 146 Å². The third kappa shape index (κ3) is 4.58. The highest BCUT2D eigenvalue weighted by atomic mass is 15.1. The largest absolute Gasteiger partial charge is 0.311 e. The van der Waals surface area contributed by atoms with Crippen LogP contribution in [0, 0.1) is 13.8 Å². The summed E-state index contributed by atoms with van der Waals surface area (Å²) in [7, 11) is 0. The SMILES string of the molecule is Cc1cccc(-c2ccc(N(c3ccccc3)c3ccc(-c4cccc(C)c4)cc3)cc2)c1. The van der Waals surface area contributed by atoms with Crippen LogP contribution in [-0.4, -0.2) is 0 Å². The zero-order chi connectivity index (χ0) is 22.6. The summed E-state index contributed by atoms with van der Waals surface area (Å²) in [6.45, 7) is 4.27. The van der Waals surface area contributed by atoms with Gasteiger partial charge >= 0.3 is 0 Å². The first-order chi connectivity index (χ1) is 16.2. The first-order valence-electron chi connectivity index (χ1n) is 11.4. The number of hydrogen-bond donors (Lipinski definition) is 0. The lowest BCUT2D eigenvalue weighted by Gasteiger charge is -2.26. The maximum absolute atomic E-state index is 2.31. The second kappa shape index (κ2) is 9.18. The summed E-state index contributed by atoms with van der Waals surface area (Å²) in [6, 6.07) is 45.5. The molecule has 5 rings (SSSR count). The average Bonchev–Trinajstić information content (AvgIpc) is 2.86. The van der Waals surface area contributed by atoms with Crippen LogP contribution in [0.4, 0.5) is 17.1 Å². The molecule has 160 valence electrons. The van der Waals surface area contributed by atoms with Gasteiger partial charge in [-0.05, 0) is 72.5 Å². The Kier molecular flexibility index (Phi) is 5.78. The lowest BCUT2D eigenvalue weighted by Crippen LogP contribution is -2.09. The lowest BCUT2D eigenvalue weighted by molar-refractivity contribution is 1.28. The first kappa shape index (κ1) is 20.8. The summed E-state index contributed by atoms with van der Waals surface area (Å²) in [5.41, 5.74) is 10.9. The molecule has 5 aromatic carbocycles. The second-order valence-corrected chi connectivity index (χ2v) is 8.50. The molecule has 0 aromatic heterocycles. The highest BCUT2D eigenvalue weighted by Crippen LogP contribution is 2.36. The summed E-state index contributed by atoms with van der Waals surface area (Å²) >= 11 is 0. The number of anilines is 3. The molecule has 0 aliphatic carbocycles. The van der Waals surface area contributed by atoms with Crippen molar-refractivity contribution in [3.8, 4) is 22.3 Å². The highest BCUT2D eigenvalue weighted by Gasteiger charge is 2.13. The minimum Gasteiger partial charge on any atom is -0.311 e. The van der Waals surface area contributed by atoms with Crippen molar-refractivity contribution < 1.29 is 0 Å². The summed E-state index contributed by atoms with van der Waals surface area (Å²) in [4.78, 5) is 2.31. The van der Waals surface area contributed by atoms with Gasteiger partial charge in [-0.25, -0.2) is 0 Å². The van der Waals surface area contributed by atoms with Gasteiger partial charge in [0, 0.05) is 17.1 Å². The predicted molar refractivity (Wildman–Crippen MR) is 141 cm³/mol. The standard InChI is InChI=1S/C32H27N/c1-24-8-6-10-28(22-24)26-14-18-31(19-15-26)33(30-12-4-3-5-13-30)32-20-16-27(17-21-32)29-11-7-9-25(2)23-29/h3-23H,1-2H3. The maximum atomic E-state index is 2.31. The minimum atomic E-state index is 1.14. The van der Waals surface area contributed by atoms with Gasteiger partial charge in [-0.1, -0.05) is 102 Å². The Labute approximate surface area is 196 Å². The van der Waals surface area contributed by atoms with Gasteiger partial charge in [0.25, 0.3) is 0 Å². The fourth-order valence-corrected chi connectivity index (χ4v) is 4.28. The van der Waals surface area contributed by atoms with Gasteiger partial charge in [0.2, 0.25) is 0 Å². The molecule has 0 unspecified atom stereocenters. The van der Waals surface area contributed by atoms with Crippen LogP contribution in [0.15, 0.2) is 127 Å². The third-order valence-electron chi connectivity index (χ3n) is 5.97. The number of hydrogen-bond acceptors (Lipinski definition) is 1. The van der Waals surface area contributed by atoms with Crippen LogP contribution in [0.25, 0.3) is 22.3 Å². The number of benzene rings is 5. The van der Waals surface area contributed by atoms with Crippen molar-refractivity contribution in [2.75, 3.05) is 4.90 Å². The zero-order valence-corrected chi connectivity index (χ0v) is 19.1. The predicted octanol–water partition coefficient (Wildman–Crippen LogP) is 9.11. The Balaban J connectivity index is 1.52. The van der Waals surface area contributed by atoms with Crippen molar-refractivity contribution >= 4 is 17.1 Å². The quantitative estimate of drug-likeness (QED) is 0.271. The van der Waals surface area contributed by atoms with Gasteiger partial charge in [0.05, 0.1) is 0 Å². The van der Waals surface area contributed by atoms with Crippen LogP contribution in [0.2, 0.25) is 0 Å². The van der Waals surface area contributed by atoms with Crippen LogP contribution in [-0.2, 0) is 0 Å². The van der Waals surface area contributed by atoms with Crippen LogP contribution in [0.1, 0.15) is 11.1 Å². The summed E-state index contributed by atoms with van der Waals surface area (Å²) in [6.07, 6.45) is 0. The van der Waals surface area contributed by atoms with Gasteiger partial charge in [-0.3, -0.25) is 0 Å². The number of nitrogens with zero attached hydrogens (tertiary/aromatic N) is 1. The molecule has 0 radical (unpaired) electrons. The van der Waals surface area contributed by atoms with Crippen molar-refractivity contribution in [2.45, 2.75) is 13.8 Å². The molecule has 1 nitrogen and oxygen atoms in total. The molecule has 33 heavy (non-hydrogen) atoms. The lowest BCUT2D eigenvalue weighted by atomic mass is 10.0. The van der Waals surface area contributed by atoms with Gasteiger partial charge < -0.3 is 4.90 Å². The Morgan fingerprint density at radius 3 is 1.21 bits per heavy atom. The molecule has 0 N–H and O–H groups in total. The van der Waals surface area contributed by atoms with Gasteiger partial charge in [-0.2, -0.15) is 0 Å². The van der Waals surface area contributed by atoms with Gasteiger partial charge in [0.15, 0.2) is 0 Å². The highest BCUT2D eigenvalue weighted by molar-refractivity contribution is 5.79. The smallest absolute Gasteiger partial charge is 0.0462 e. The number of rotatable bonds is 5. The molecule has 0 aliphatic rings. The van der Waals surface area contributed by atoms with E-state index in [1.165, 1.54) is 33.4 Å². The fourth-order valence-electron chi connectivity index (χ4n) is 4.28. The topological polar surface area (TPSA) is 3.24 Å². The molecular weight excluding hydrogens is 398 g/mol. The normalized spacial score (nSPS) is 10.7. The van der Waals surface area contributed by atoms with Crippen molar-refractivity contribution in [3.63, 3.8) is 0 Å². The number of aryl methyl sites for hydroxylation is 2. The van der Waals surface area contributed by atoms with Crippen LogP contribution >= 0.6 is 0 Å². The van der Waals surface area contributed by atoms with E-state index in [0.29, 0.717) is 0 Å². The number of para-hydroxylation sites is 1. The van der Waals surface area contributed by atoms with E-state index in [9.17, 15) is 0 Å². The van der Waals surface area contributed by atoms with E-state index >= 15 is 0 Å². The van der Waals surface area contributed by atoms with E-state index in [-0.39, 0.29) is 0 Å². The van der Waals surface area contributed by atoms with E-state index in [1.807, 2.05) is 0 Å². The van der Waals surface area contributed by atoms with Gasteiger partial charge in [-0.15, -0.1) is 0 Å². The second-order valence-electron chi connectivity index (χ2n) is 8.50. The monoisotopic (exact) mass is 425 g/mol. The zero-order valence-electron chi connectivity index (χ0n) is 19.1. The molecule has 5 aromatic rings. The van der Waals surface area contributed by atoms with E-state index in [1.54, 1.807) is 0 Å². The Morgan fingerprint density at radius 2 is 0.788 bits per heavy atom. The molecule has 0 saturated carbocycles. The molecule has 0 amide bonds. The van der Waals surface area contributed by atoms with E-state index in [0.717, 1.165) is 17.1 Å². The van der Waals surface area contributed by atoms with Crippen molar-refractivity contribution in [1.29, 1.82) is 0 Å². The van der Waals surface area contributed by atoms with Crippen LogP contribution < -0.4 is 4.90 Å². The Bertz CT molecular complexity index is 1260. The molecule has 0 heterocycles.